The Kier molecular flexibility index (Phi) is 6.37. The third-order valence-corrected chi connectivity index (χ3v) is 4.72. The highest BCUT2D eigenvalue weighted by atomic mass is 16.1. The van der Waals surface area contributed by atoms with Crippen molar-refractivity contribution in [1.82, 2.24) is 15.1 Å². The predicted octanol–water partition coefficient (Wildman–Crippen LogP) is 3.80. The monoisotopic (exact) mass is 342 g/mol. The highest BCUT2D eigenvalue weighted by molar-refractivity contribution is 5.91. The molecule has 2 rings (SSSR count). The minimum absolute atomic E-state index is 0.0313. The number of carbonyl (C=O) groups excluding carboxylic acids is 1. The number of rotatable bonds is 7. The molecule has 0 aliphatic heterocycles. The van der Waals surface area contributed by atoms with Crippen molar-refractivity contribution in [3.05, 3.63) is 46.8 Å². The second-order valence-corrected chi connectivity index (χ2v) is 6.80. The first-order valence-electron chi connectivity index (χ1n) is 8.95. The molecule has 5 nitrogen and oxygen atoms in total. The molecule has 0 radical (unpaired) electrons. The zero-order chi connectivity index (χ0) is 18.6. The van der Waals surface area contributed by atoms with Gasteiger partial charge in [0.25, 0.3) is 0 Å². The summed E-state index contributed by atoms with van der Waals surface area (Å²) in [5, 5.41) is 11.1. The van der Waals surface area contributed by atoms with Crippen LogP contribution >= 0.6 is 0 Å². The minimum atomic E-state index is 0.0313. The molecular formula is C20H30N4O. The normalized spacial score (nSPS) is 13.5. The van der Waals surface area contributed by atoms with Crippen molar-refractivity contribution in [3.8, 4) is 0 Å². The van der Waals surface area contributed by atoms with E-state index in [0.29, 0.717) is 6.42 Å². The Hall–Kier alpha value is -2.14. The minimum Gasteiger partial charge on any atom is -0.326 e. The van der Waals surface area contributed by atoms with Crippen LogP contribution in [0, 0.1) is 20.8 Å². The van der Waals surface area contributed by atoms with Gasteiger partial charge in [0.15, 0.2) is 0 Å². The highest BCUT2D eigenvalue weighted by Gasteiger charge is 2.21. The van der Waals surface area contributed by atoms with E-state index in [0.717, 1.165) is 23.4 Å². The quantitative estimate of drug-likeness (QED) is 0.804. The van der Waals surface area contributed by atoms with Crippen molar-refractivity contribution in [2.45, 2.75) is 59.5 Å². The molecule has 2 N–H and O–H groups in total. The van der Waals surface area contributed by atoms with Crippen molar-refractivity contribution in [3.63, 3.8) is 0 Å². The van der Waals surface area contributed by atoms with Crippen molar-refractivity contribution in [2.75, 3.05) is 5.32 Å². The van der Waals surface area contributed by atoms with E-state index in [1.165, 1.54) is 11.3 Å². The Morgan fingerprint density at radius 3 is 2.48 bits per heavy atom. The first-order chi connectivity index (χ1) is 11.8. The lowest BCUT2D eigenvalue weighted by atomic mass is 10.0. The number of aryl methyl sites for hydroxylation is 3. The third-order valence-electron chi connectivity index (χ3n) is 4.72. The summed E-state index contributed by atoms with van der Waals surface area (Å²) in [6.45, 7) is 10.3. The van der Waals surface area contributed by atoms with Gasteiger partial charge in [0, 0.05) is 42.5 Å². The standard InChI is InChI=1S/C20H30N4O/c1-7-17(20-15(4)23-24(6)16(20)5)21-14(3)12-19(25)22-18-11-9-8-10-13(18)2/h8-11,14,17,21H,7,12H2,1-6H3,(H,22,25). The van der Waals surface area contributed by atoms with E-state index < -0.39 is 0 Å². The molecule has 1 aromatic carbocycles. The van der Waals surface area contributed by atoms with Crippen LogP contribution < -0.4 is 10.6 Å². The van der Waals surface area contributed by atoms with Crippen molar-refractivity contribution < 1.29 is 4.79 Å². The largest absolute Gasteiger partial charge is 0.326 e. The van der Waals surface area contributed by atoms with Crippen LogP contribution in [0.5, 0.6) is 0 Å². The maximum atomic E-state index is 12.4. The number of hydrogen-bond donors (Lipinski definition) is 2. The fourth-order valence-corrected chi connectivity index (χ4v) is 3.29. The zero-order valence-electron chi connectivity index (χ0n) is 16.2. The maximum absolute atomic E-state index is 12.4. The number of aromatic nitrogens is 2. The van der Waals surface area contributed by atoms with Crippen molar-refractivity contribution in [1.29, 1.82) is 0 Å². The average Bonchev–Trinajstić information content (AvgIpc) is 2.80. The molecule has 136 valence electrons. The fourth-order valence-electron chi connectivity index (χ4n) is 3.29. The second-order valence-electron chi connectivity index (χ2n) is 6.80. The molecule has 5 heteroatoms. The van der Waals surface area contributed by atoms with Crippen LogP contribution in [-0.2, 0) is 11.8 Å². The van der Waals surface area contributed by atoms with Crippen LogP contribution in [0.1, 0.15) is 55.2 Å². The Balaban J connectivity index is 1.99. The van der Waals surface area contributed by atoms with Gasteiger partial charge in [0.05, 0.1) is 5.69 Å². The van der Waals surface area contributed by atoms with Gasteiger partial charge in [-0.25, -0.2) is 0 Å². The van der Waals surface area contributed by atoms with Gasteiger partial charge in [-0.05, 0) is 45.7 Å². The van der Waals surface area contributed by atoms with Crippen LogP contribution in [0.15, 0.2) is 24.3 Å². The number of nitrogens with one attached hydrogen (secondary N) is 2. The van der Waals surface area contributed by atoms with Gasteiger partial charge in [0.2, 0.25) is 5.91 Å². The van der Waals surface area contributed by atoms with Gasteiger partial charge in [0.1, 0.15) is 0 Å². The van der Waals surface area contributed by atoms with E-state index in [1.54, 1.807) is 0 Å². The molecule has 2 atom stereocenters. The van der Waals surface area contributed by atoms with E-state index in [9.17, 15) is 4.79 Å². The number of anilines is 1. The van der Waals surface area contributed by atoms with Crippen LogP contribution in [0.3, 0.4) is 0 Å². The molecule has 2 aromatic rings. The molecule has 2 unspecified atom stereocenters. The van der Waals surface area contributed by atoms with Gasteiger partial charge < -0.3 is 10.6 Å². The van der Waals surface area contributed by atoms with Gasteiger partial charge >= 0.3 is 0 Å². The number of para-hydroxylation sites is 1. The zero-order valence-corrected chi connectivity index (χ0v) is 16.2. The summed E-state index contributed by atoms with van der Waals surface area (Å²) in [6, 6.07) is 8.12. The van der Waals surface area contributed by atoms with E-state index in [4.69, 9.17) is 0 Å². The van der Waals surface area contributed by atoms with E-state index in [2.05, 4.69) is 36.5 Å². The Morgan fingerprint density at radius 2 is 1.92 bits per heavy atom. The lowest BCUT2D eigenvalue weighted by Crippen LogP contribution is -2.34. The summed E-state index contributed by atoms with van der Waals surface area (Å²) in [6.07, 6.45) is 1.39. The summed E-state index contributed by atoms with van der Waals surface area (Å²) >= 11 is 0. The number of carbonyl (C=O) groups is 1. The topological polar surface area (TPSA) is 59.0 Å². The van der Waals surface area contributed by atoms with Crippen molar-refractivity contribution >= 4 is 11.6 Å². The molecule has 1 amide bonds. The fraction of sp³-hybridized carbons (Fsp3) is 0.500. The summed E-state index contributed by atoms with van der Waals surface area (Å²) in [4.78, 5) is 12.4. The molecule has 0 aliphatic carbocycles. The average molecular weight is 342 g/mol. The summed E-state index contributed by atoms with van der Waals surface area (Å²) in [5.41, 5.74) is 5.43. The molecule has 1 aromatic heterocycles. The molecule has 25 heavy (non-hydrogen) atoms. The summed E-state index contributed by atoms with van der Waals surface area (Å²) in [5.74, 6) is 0.0313. The lowest BCUT2D eigenvalue weighted by Gasteiger charge is -2.23. The second kappa shape index (κ2) is 8.30. The molecular weight excluding hydrogens is 312 g/mol. The highest BCUT2D eigenvalue weighted by Crippen LogP contribution is 2.24. The first kappa shape index (κ1) is 19.2. The van der Waals surface area contributed by atoms with Crippen LogP contribution in [0.2, 0.25) is 0 Å². The first-order valence-corrected chi connectivity index (χ1v) is 8.95. The SMILES string of the molecule is CCC(NC(C)CC(=O)Nc1ccccc1C)c1c(C)nn(C)c1C. The molecule has 1 heterocycles. The Labute approximate surface area is 150 Å². The van der Waals surface area contributed by atoms with Crippen LogP contribution in [0.4, 0.5) is 5.69 Å². The van der Waals surface area contributed by atoms with Crippen LogP contribution in [0.25, 0.3) is 0 Å². The number of nitrogens with zero attached hydrogens (tertiary/aromatic N) is 2. The molecule has 0 spiro atoms. The lowest BCUT2D eigenvalue weighted by molar-refractivity contribution is -0.116. The van der Waals surface area contributed by atoms with E-state index in [-0.39, 0.29) is 18.0 Å². The molecule has 0 bridgehead atoms. The summed E-state index contributed by atoms with van der Waals surface area (Å²) < 4.78 is 1.92. The number of hydrogen-bond acceptors (Lipinski definition) is 3. The third kappa shape index (κ3) is 4.69. The number of amides is 1. The molecule has 0 saturated carbocycles. The molecule has 0 fully saturated rings. The van der Waals surface area contributed by atoms with Gasteiger partial charge in [-0.15, -0.1) is 0 Å². The summed E-state index contributed by atoms with van der Waals surface area (Å²) in [7, 11) is 1.97. The van der Waals surface area contributed by atoms with Gasteiger partial charge in [-0.3, -0.25) is 9.48 Å². The molecule has 0 saturated heterocycles. The number of benzene rings is 1. The smallest absolute Gasteiger partial charge is 0.225 e. The Bertz CT molecular complexity index is 735. The predicted molar refractivity (Wildman–Crippen MR) is 103 cm³/mol. The van der Waals surface area contributed by atoms with Crippen molar-refractivity contribution in [2.24, 2.45) is 7.05 Å². The Morgan fingerprint density at radius 1 is 1.24 bits per heavy atom. The van der Waals surface area contributed by atoms with Crippen LogP contribution in [-0.4, -0.2) is 21.7 Å². The molecule has 0 aliphatic rings. The van der Waals surface area contributed by atoms with E-state index in [1.807, 2.05) is 49.8 Å². The van der Waals surface area contributed by atoms with Gasteiger partial charge in [-0.2, -0.15) is 5.10 Å². The maximum Gasteiger partial charge on any atom is 0.225 e. The van der Waals surface area contributed by atoms with Gasteiger partial charge in [-0.1, -0.05) is 25.1 Å². The van der Waals surface area contributed by atoms with E-state index >= 15 is 0 Å².